The number of rotatable bonds is 6. The molecule has 27 heavy (non-hydrogen) atoms. The van der Waals surface area contributed by atoms with Gasteiger partial charge >= 0.3 is 24.6 Å². The third-order valence-corrected chi connectivity index (χ3v) is 2.75. The van der Waals surface area contributed by atoms with E-state index in [2.05, 4.69) is 14.5 Å². The Labute approximate surface area is 148 Å². The van der Waals surface area contributed by atoms with Gasteiger partial charge in [-0.2, -0.15) is 43.9 Å². The van der Waals surface area contributed by atoms with Gasteiger partial charge in [0.15, 0.2) is 5.75 Å². The summed E-state index contributed by atoms with van der Waals surface area (Å²) >= 11 is 5.24. The van der Waals surface area contributed by atoms with Gasteiger partial charge in [-0.05, 0) is 12.1 Å². The fourth-order valence-electron chi connectivity index (χ4n) is 1.32. The SMILES string of the molecule is NC(CCl)=Nc1cc(OC(F)(F)C(F)(F)F)ccc1OC(F)(F)C(F)(F)F. The first kappa shape index (κ1) is 22.9. The molecule has 0 bridgehead atoms. The van der Waals surface area contributed by atoms with Crippen molar-refractivity contribution in [3.63, 3.8) is 0 Å². The lowest BCUT2D eigenvalue weighted by molar-refractivity contribution is -0.361. The van der Waals surface area contributed by atoms with Crippen LogP contribution in [0.25, 0.3) is 0 Å². The van der Waals surface area contributed by atoms with E-state index in [-0.39, 0.29) is 18.2 Å². The molecule has 0 radical (unpaired) electrons. The number of nitrogens with zero attached hydrogens (tertiary/aromatic N) is 1. The first-order valence-corrected chi connectivity index (χ1v) is 6.84. The van der Waals surface area contributed by atoms with Gasteiger partial charge in [0, 0.05) is 6.07 Å². The van der Waals surface area contributed by atoms with Crippen LogP contribution >= 0.6 is 11.6 Å². The fraction of sp³-hybridized carbons (Fsp3) is 0.417. The molecule has 0 aromatic heterocycles. The molecule has 0 aliphatic rings. The third-order valence-electron chi connectivity index (χ3n) is 2.48. The lowest BCUT2D eigenvalue weighted by atomic mass is 10.2. The summed E-state index contributed by atoms with van der Waals surface area (Å²) in [6.45, 7) is 0. The molecule has 15 heteroatoms. The van der Waals surface area contributed by atoms with Crippen LogP contribution in [0.1, 0.15) is 0 Å². The summed E-state index contributed by atoms with van der Waals surface area (Å²) in [5.74, 6) is -3.80. The van der Waals surface area contributed by atoms with Gasteiger partial charge in [-0.3, -0.25) is 0 Å². The Kier molecular flexibility index (Phi) is 6.35. The van der Waals surface area contributed by atoms with Gasteiger partial charge in [-0.25, -0.2) is 4.99 Å². The van der Waals surface area contributed by atoms with Crippen LogP contribution in [0.4, 0.5) is 49.6 Å². The molecule has 0 saturated heterocycles. The van der Waals surface area contributed by atoms with Crippen molar-refractivity contribution >= 4 is 23.1 Å². The molecular formula is C12H7ClF10N2O2. The Bertz CT molecular complexity index is 702. The topological polar surface area (TPSA) is 56.8 Å². The molecule has 0 aliphatic carbocycles. The van der Waals surface area contributed by atoms with E-state index in [4.69, 9.17) is 17.3 Å². The summed E-state index contributed by atoms with van der Waals surface area (Å²) in [4.78, 5) is 3.23. The van der Waals surface area contributed by atoms with Gasteiger partial charge in [-0.1, -0.05) is 0 Å². The monoisotopic (exact) mass is 436 g/mol. The van der Waals surface area contributed by atoms with Crippen molar-refractivity contribution in [1.29, 1.82) is 0 Å². The molecule has 2 N–H and O–H groups in total. The van der Waals surface area contributed by atoms with Gasteiger partial charge in [0.1, 0.15) is 17.3 Å². The van der Waals surface area contributed by atoms with Gasteiger partial charge in [0.05, 0.1) is 5.88 Å². The Morgan fingerprint density at radius 2 is 1.37 bits per heavy atom. The van der Waals surface area contributed by atoms with E-state index in [1.54, 1.807) is 0 Å². The van der Waals surface area contributed by atoms with Crippen LogP contribution in [0.2, 0.25) is 0 Å². The molecule has 0 saturated carbocycles. The van der Waals surface area contributed by atoms with E-state index in [0.717, 1.165) is 0 Å². The number of benzene rings is 1. The fourth-order valence-corrected chi connectivity index (χ4v) is 1.38. The van der Waals surface area contributed by atoms with Crippen molar-refractivity contribution in [1.82, 2.24) is 0 Å². The minimum Gasteiger partial charge on any atom is -0.426 e. The number of hydrogen-bond donors (Lipinski definition) is 1. The molecule has 1 rings (SSSR count). The van der Waals surface area contributed by atoms with E-state index in [0.29, 0.717) is 0 Å². The average Bonchev–Trinajstić information content (AvgIpc) is 2.46. The summed E-state index contributed by atoms with van der Waals surface area (Å²) < 4.78 is 132. The van der Waals surface area contributed by atoms with Crippen molar-refractivity contribution < 1.29 is 53.4 Å². The molecular weight excluding hydrogens is 430 g/mol. The highest BCUT2D eigenvalue weighted by atomic mass is 35.5. The number of hydrogen-bond acceptors (Lipinski definition) is 3. The number of ether oxygens (including phenoxy) is 2. The molecule has 0 amide bonds. The quantitative estimate of drug-likeness (QED) is 0.296. The van der Waals surface area contributed by atoms with Crippen molar-refractivity contribution in [2.75, 3.05) is 5.88 Å². The molecule has 0 spiro atoms. The highest BCUT2D eigenvalue weighted by Gasteiger charge is 2.62. The Morgan fingerprint density at radius 1 is 0.889 bits per heavy atom. The predicted molar refractivity (Wildman–Crippen MR) is 71.7 cm³/mol. The summed E-state index contributed by atoms with van der Waals surface area (Å²) in [7, 11) is 0. The second-order valence-corrected chi connectivity index (χ2v) is 4.87. The van der Waals surface area contributed by atoms with Gasteiger partial charge in [-0.15, -0.1) is 11.6 Å². The molecule has 0 heterocycles. The largest absolute Gasteiger partial charge is 0.499 e. The number of aliphatic imine (C=N–C) groups is 1. The molecule has 0 fully saturated rings. The summed E-state index contributed by atoms with van der Waals surface area (Å²) in [5, 5.41) is 0. The van der Waals surface area contributed by atoms with Gasteiger partial charge in [0.2, 0.25) is 0 Å². The van der Waals surface area contributed by atoms with E-state index < -0.39 is 53.5 Å². The first-order valence-electron chi connectivity index (χ1n) is 6.30. The zero-order valence-corrected chi connectivity index (χ0v) is 13.2. The van der Waals surface area contributed by atoms with Crippen LogP contribution in [0.5, 0.6) is 11.5 Å². The van der Waals surface area contributed by atoms with E-state index >= 15 is 0 Å². The highest BCUT2D eigenvalue weighted by molar-refractivity contribution is 6.28. The van der Waals surface area contributed by atoms with Crippen molar-refractivity contribution in [2.24, 2.45) is 10.7 Å². The molecule has 1 aromatic rings. The zero-order valence-electron chi connectivity index (χ0n) is 12.4. The Balaban J connectivity index is 3.35. The van der Waals surface area contributed by atoms with Crippen molar-refractivity contribution in [3.05, 3.63) is 18.2 Å². The minimum atomic E-state index is -6.16. The Hall–Kier alpha value is -2.12. The standard InChI is InChI=1S/C12H7ClF10N2O2/c13-4-8(24)25-6-3-5(26-11(20,21)9(14,15)16)1-2-7(6)27-12(22,23)10(17,18)19/h1-3H,4H2,(H2,24,25). The number of alkyl halides is 11. The van der Waals surface area contributed by atoms with E-state index in [9.17, 15) is 43.9 Å². The number of nitrogens with two attached hydrogens (primary N) is 1. The summed E-state index contributed by atoms with van der Waals surface area (Å²) in [6, 6.07) is 0.625. The van der Waals surface area contributed by atoms with Crippen molar-refractivity contribution in [3.8, 4) is 11.5 Å². The third kappa shape index (κ3) is 5.68. The smallest absolute Gasteiger partial charge is 0.426 e. The lowest BCUT2D eigenvalue weighted by Crippen LogP contribution is -2.42. The van der Waals surface area contributed by atoms with Gasteiger partial charge < -0.3 is 15.2 Å². The van der Waals surface area contributed by atoms with Crippen molar-refractivity contribution in [2.45, 2.75) is 24.6 Å². The minimum absolute atomic E-state index is 0.181. The van der Waals surface area contributed by atoms with Gasteiger partial charge in [0.25, 0.3) is 0 Å². The zero-order chi connectivity index (χ0) is 21.3. The maximum Gasteiger partial charge on any atom is 0.499 e. The molecule has 4 nitrogen and oxygen atoms in total. The Morgan fingerprint density at radius 3 is 1.81 bits per heavy atom. The number of halogens is 11. The maximum atomic E-state index is 13.0. The van der Waals surface area contributed by atoms with Crippen LogP contribution in [0.15, 0.2) is 23.2 Å². The summed E-state index contributed by atoms with van der Waals surface area (Å²) in [5.41, 5.74) is 4.09. The highest BCUT2D eigenvalue weighted by Crippen LogP contribution is 2.43. The average molecular weight is 437 g/mol. The van der Waals surface area contributed by atoms with E-state index in [1.807, 2.05) is 0 Å². The van der Waals surface area contributed by atoms with E-state index in [1.165, 1.54) is 0 Å². The summed E-state index contributed by atoms with van der Waals surface area (Å²) in [6.07, 6.45) is -23.7. The second kappa shape index (κ2) is 7.48. The molecule has 0 unspecified atom stereocenters. The van der Waals surface area contributed by atoms with Crippen LogP contribution in [-0.4, -0.2) is 36.3 Å². The number of amidine groups is 1. The molecule has 0 aliphatic heterocycles. The molecule has 154 valence electrons. The van der Waals surface area contributed by atoms with Crippen LogP contribution in [0, 0.1) is 0 Å². The first-order chi connectivity index (χ1) is 12.0. The maximum absolute atomic E-state index is 13.0. The van der Waals surface area contributed by atoms with Crippen LogP contribution < -0.4 is 15.2 Å². The lowest BCUT2D eigenvalue weighted by Gasteiger charge is -2.22. The molecule has 1 aromatic carbocycles. The van der Waals surface area contributed by atoms with Crippen LogP contribution in [-0.2, 0) is 0 Å². The second-order valence-electron chi connectivity index (χ2n) is 4.60. The van der Waals surface area contributed by atoms with Crippen LogP contribution in [0.3, 0.4) is 0 Å². The normalized spacial score (nSPS) is 14.3. The molecule has 0 atom stereocenters. The predicted octanol–water partition coefficient (Wildman–Crippen LogP) is 4.98.